The first-order valence-electron chi connectivity index (χ1n) is 8.56. The molecule has 0 saturated carbocycles. The molecule has 3 aromatic rings. The summed E-state index contributed by atoms with van der Waals surface area (Å²) in [6.45, 7) is 3.18. The van der Waals surface area contributed by atoms with Crippen LogP contribution in [0.25, 0.3) is 10.9 Å². The molecule has 7 heteroatoms. The van der Waals surface area contributed by atoms with Gasteiger partial charge in [-0.25, -0.2) is 4.79 Å². The number of rotatable bonds is 5. The van der Waals surface area contributed by atoms with Gasteiger partial charge in [0.25, 0.3) is 5.91 Å². The molecule has 0 aliphatic rings. The highest BCUT2D eigenvalue weighted by Crippen LogP contribution is 2.25. The Morgan fingerprint density at radius 1 is 1.11 bits per heavy atom. The van der Waals surface area contributed by atoms with E-state index in [1.54, 1.807) is 43.3 Å². The number of anilines is 1. The number of nitrogens with zero attached hydrogens (tertiary/aromatic N) is 1. The van der Waals surface area contributed by atoms with E-state index in [0.29, 0.717) is 22.2 Å². The Morgan fingerprint density at radius 2 is 1.89 bits per heavy atom. The second kappa shape index (κ2) is 8.27. The van der Waals surface area contributed by atoms with E-state index < -0.39 is 18.5 Å². The molecule has 1 amide bonds. The van der Waals surface area contributed by atoms with Gasteiger partial charge >= 0.3 is 5.97 Å². The smallest absolute Gasteiger partial charge is 0.340 e. The van der Waals surface area contributed by atoms with Crippen molar-refractivity contribution in [3.8, 4) is 5.75 Å². The van der Waals surface area contributed by atoms with Gasteiger partial charge in [0.15, 0.2) is 6.61 Å². The maximum atomic E-state index is 12.4. The lowest BCUT2D eigenvalue weighted by Gasteiger charge is -2.12. The van der Waals surface area contributed by atoms with Crippen LogP contribution in [0.4, 0.5) is 5.69 Å². The number of nitrogens with one attached hydrogen (secondary N) is 1. The van der Waals surface area contributed by atoms with Gasteiger partial charge in [0.05, 0.1) is 29.6 Å². The molecule has 0 aliphatic heterocycles. The number of pyridine rings is 1. The highest BCUT2D eigenvalue weighted by atomic mass is 35.5. The van der Waals surface area contributed by atoms with Crippen LogP contribution in [0.2, 0.25) is 5.02 Å². The second-order valence-corrected chi connectivity index (χ2v) is 6.72. The number of ether oxygens (including phenoxy) is 2. The molecular weight excluding hydrogens is 380 g/mol. The molecule has 6 nitrogen and oxygen atoms in total. The first-order valence-corrected chi connectivity index (χ1v) is 8.93. The Hall–Kier alpha value is -3.12. The summed E-state index contributed by atoms with van der Waals surface area (Å²) in [5, 5.41) is 3.95. The van der Waals surface area contributed by atoms with Gasteiger partial charge in [-0.15, -0.1) is 0 Å². The summed E-state index contributed by atoms with van der Waals surface area (Å²) in [5.41, 5.74) is 3.00. The summed E-state index contributed by atoms with van der Waals surface area (Å²) in [5.74, 6) is -0.568. The van der Waals surface area contributed by atoms with Crippen LogP contribution in [0.15, 0.2) is 42.5 Å². The lowest BCUT2D eigenvalue weighted by atomic mass is 10.1. The zero-order chi connectivity index (χ0) is 20.3. The molecule has 1 aromatic heterocycles. The predicted molar refractivity (Wildman–Crippen MR) is 108 cm³/mol. The summed E-state index contributed by atoms with van der Waals surface area (Å²) in [4.78, 5) is 29.0. The number of methoxy groups -OCH3 is 1. The standard InChI is InChI=1S/C21H19ClN2O4/c1-12-4-7-19(27-3)18(8-12)24-20(25)11-28-21(26)16-10-14-9-15(22)5-6-17(14)23-13(16)2/h4-10H,11H2,1-3H3,(H,24,25). The number of carbonyl (C=O) groups is 2. The molecule has 1 heterocycles. The molecule has 28 heavy (non-hydrogen) atoms. The van der Waals surface area contributed by atoms with Crippen LogP contribution < -0.4 is 10.1 Å². The van der Waals surface area contributed by atoms with Gasteiger partial charge in [-0.3, -0.25) is 9.78 Å². The highest BCUT2D eigenvalue weighted by molar-refractivity contribution is 6.31. The maximum Gasteiger partial charge on any atom is 0.340 e. The Morgan fingerprint density at radius 3 is 2.64 bits per heavy atom. The van der Waals surface area contributed by atoms with E-state index in [1.165, 1.54) is 7.11 Å². The number of carbonyl (C=O) groups excluding carboxylic acids is 2. The van der Waals surface area contributed by atoms with Crippen LogP contribution >= 0.6 is 11.6 Å². The van der Waals surface area contributed by atoms with E-state index in [0.717, 1.165) is 16.5 Å². The Bertz CT molecular complexity index is 1070. The fraction of sp³-hybridized carbons (Fsp3) is 0.190. The molecule has 0 unspecified atom stereocenters. The Labute approximate surface area is 167 Å². The Kier molecular flexibility index (Phi) is 5.80. The molecular formula is C21H19ClN2O4. The minimum Gasteiger partial charge on any atom is -0.495 e. The van der Waals surface area contributed by atoms with Crippen molar-refractivity contribution >= 4 is 40.1 Å². The van der Waals surface area contributed by atoms with Crippen molar-refractivity contribution in [2.24, 2.45) is 0 Å². The highest BCUT2D eigenvalue weighted by Gasteiger charge is 2.16. The van der Waals surface area contributed by atoms with Gasteiger partial charge in [-0.2, -0.15) is 0 Å². The van der Waals surface area contributed by atoms with Crippen LogP contribution in [0.3, 0.4) is 0 Å². The quantitative estimate of drug-likeness (QED) is 0.648. The van der Waals surface area contributed by atoms with Gasteiger partial charge < -0.3 is 14.8 Å². The first kappa shape index (κ1) is 19.6. The lowest BCUT2D eigenvalue weighted by molar-refractivity contribution is -0.119. The van der Waals surface area contributed by atoms with E-state index in [2.05, 4.69) is 10.3 Å². The molecule has 0 fully saturated rings. The number of halogens is 1. The van der Waals surface area contributed by atoms with E-state index in [1.807, 2.05) is 13.0 Å². The van der Waals surface area contributed by atoms with Gasteiger partial charge in [0, 0.05) is 10.4 Å². The van der Waals surface area contributed by atoms with Gasteiger partial charge in [0.1, 0.15) is 5.75 Å². The number of hydrogen-bond donors (Lipinski definition) is 1. The molecule has 3 rings (SSSR count). The molecule has 144 valence electrons. The third-order valence-electron chi connectivity index (χ3n) is 4.15. The van der Waals surface area contributed by atoms with Crippen LogP contribution in [-0.4, -0.2) is 30.6 Å². The summed E-state index contributed by atoms with van der Waals surface area (Å²) in [6, 6.07) is 12.3. The third-order valence-corrected chi connectivity index (χ3v) is 4.39. The van der Waals surface area contributed by atoms with E-state index in [9.17, 15) is 9.59 Å². The second-order valence-electron chi connectivity index (χ2n) is 6.29. The number of aromatic nitrogens is 1. The fourth-order valence-electron chi connectivity index (χ4n) is 2.76. The maximum absolute atomic E-state index is 12.4. The lowest BCUT2D eigenvalue weighted by Crippen LogP contribution is -2.21. The average molecular weight is 399 g/mol. The van der Waals surface area contributed by atoms with Gasteiger partial charge in [-0.05, 0) is 55.8 Å². The van der Waals surface area contributed by atoms with E-state index in [4.69, 9.17) is 21.1 Å². The zero-order valence-electron chi connectivity index (χ0n) is 15.7. The summed E-state index contributed by atoms with van der Waals surface area (Å²) in [6.07, 6.45) is 0. The molecule has 0 saturated heterocycles. The van der Waals surface area contributed by atoms with Crippen molar-refractivity contribution in [1.29, 1.82) is 0 Å². The van der Waals surface area contributed by atoms with E-state index in [-0.39, 0.29) is 5.56 Å². The van der Waals surface area contributed by atoms with Crippen molar-refractivity contribution in [1.82, 2.24) is 4.98 Å². The van der Waals surface area contributed by atoms with E-state index >= 15 is 0 Å². The minimum absolute atomic E-state index is 0.288. The minimum atomic E-state index is -0.627. The normalized spacial score (nSPS) is 10.6. The number of fused-ring (bicyclic) bond motifs is 1. The van der Waals surface area contributed by atoms with Crippen molar-refractivity contribution in [2.75, 3.05) is 19.0 Å². The zero-order valence-corrected chi connectivity index (χ0v) is 16.5. The Balaban J connectivity index is 1.70. The average Bonchev–Trinajstić information content (AvgIpc) is 2.66. The summed E-state index contributed by atoms with van der Waals surface area (Å²) >= 11 is 6.00. The molecule has 0 aliphatic carbocycles. The van der Waals surface area contributed by atoms with Crippen LogP contribution in [0, 0.1) is 13.8 Å². The molecule has 1 N–H and O–H groups in total. The molecule has 2 aromatic carbocycles. The number of hydrogen-bond acceptors (Lipinski definition) is 5. The van der Waals surface area contributed by atoms with Crippen molar-refractivity contribution in [2.45, 2.75) is 13.8 Å². The van der Waals surface area contributed by atoms with Crippen molar-refractivity contribution in [3.05, 3.63) is 64.3 Å². The fourth-order valence-corrected chi connectivity index (χ4v) is 2.95. The molecule has 0 spiro atoms. The van der Waals surface area contributed by atoms with Crippen LogP contribution in [0.1, 0.15) is 21.6 Å². The van der Waals surface area contributed by atoms with Gasteiger partial charge in [0.2, 0.25) is 0 Å². The first-order chi connectivity index (χ1) is 13.4. The number of esters is 1. The largest absolute Gasteiger partial charge is 0.495 e. The number of aryl methyl sites for hydroxylation is 2. The molecule has 0 atom stereocenters. The third kappa shape index (κ3) is 4.40. The van der Waals surface area contributed by atoms with Crippen LogP contribution in [0.5, 0.6) is 5.75 Å². The topological polar surface area (TPSA) is 77.5 Å². The number of benzene rings is 2. The molecule has 0 bridgehead atoms. The SMILES string of the molecule is COc1ccc(C)cc1NC(=O)COC(=O)c1cc2cc(Cl)ccc2nc1C. The van der Waals surface area contributed by atoms with Crippen LogP contribution in [-0.2, 0) is 9.53 Å². The summed E-state index contributed by atoms with van der Waals surface area (Å²) in [7, 11) is 1.52. The van der Waals surface area contributed by atoms with Crippen molar-refractivity contribution < 1.29 is 19.1 Å². The van der Waals surface area contributed by atoms with Gasteiger partial charge in [-0.1, -0.05) is 17.7 Å². The monoisotopic (exact) mass is 398 g/mol. The number of amides is 1. The molecule has 0 radical (unpaired) electrons. The predicted octanol–water partition coefficient (Wildman–Crippen LogP) is 4.31. The summed E-state index contributed by atoms with van der Waals surface area (Å²) < 4.78 is 10.4. The van der Waals surface area contributed by atoms with Crippen molar-refractivity contribution in [3.63, 3.8) is 0 Å².